The summed E-state index contributed by atoms with van der Waals surface area (Å²) in [5.74, 6) is 0.566. The first-order valence-electron chi connectivity index (χ1n) is 5.26. The summed E-state index contributed by atoms with van der Waals surface area (Å²) in [4.78, 5) is 10.9. The van der Waals surface area contributed by atoms with Gasteiger partial charge in [-0.3, -0.25) is 4.79 Å². The van der Waals surface area contributed by atoms with Crippen molar-refractivity contribution in [1.29, 1.82) is 0 Å². The highest BCUT2D eigenvalue weighted by molar-refractivity contribution is 7.79. The van der Waals surface area contributed by atoms with Gasteiger partial charge in [0.2, 0.25) is 0 Å². The van der Waals surface area contributed by atoms with Crippen LogP contribution in [0.15, 0.2) is 0 Å². The molecule has 0 radical (unpaired) electrons. The molecule has 3 heteroatoms. The van der Waals surface area contributed by atoms with Gasteiger partial charge in [0.1, 0.15) is 0 Å². The molecule has 0 fully saturated rings. The Bertz CT molecular complexity index is 167. The normalized spacial score (nSPS) is 10.2. The first-order valence-corrected chi connectivity index (χ1v) is 5.73. The van der Waals surface area contributed by atoms with E-state index >= 15 is 0 Å². The monoisotopic (exact) mass is 216 g/mol. The Morgan fingerprint density at radius 1 is 1.36 bits per heavy atom. The summed E-state index contributed by atoms with van der Waals surface area (Å²) in [5.41, 5.74) is 0. The third-order valence-corrected chi connectivity index (χ3v) is 2.11. The molecule has 0 heterocycles. The van der Waals surface area contributed by atoms with Gasteiger partial charge in [0.05, 0.1) is 13.0 Å². The molecule has 0 amide bonds. The number of hydrogen-bond acceptors (Lipinski definition) is 3. The van der Waals surface area contributed by atoms with Crippen molar-refractivity contribution < 1.29 is 9.53 Å². The van der Waals surface area contributed by atoms with Gasteiger partial charge in [0.15, 0.2) is 0 Å². The molecule has 0 rings (SSSR count). The third kappa shape index (κ3) is 9.65. The van der Waals surface area contributed by atoms with Crippen molar-refractivity contribution in [3.8, 4) is 0 Å². The number of thiocarbonyl (C=S) groups is 1. The van der Waals surface area contributed by atoms with E-state index in [1.165, 1.54) is 18.2 Å². The second-order valence-corrected chi connectivity index (χ2v) is 4.17. The smallest absolute Gasteiger partial charge is 0.310 e. The van der Waals surface area contributed by atoms with Crippen molar-refractivity contribution in [2.24, 2.45) is 5.92 Å². The lowest BCUT2D eigenvalue weighted by molar-refractivity contribution is -0.142. The van der Waals surface area contributed by atoms with Gasteiger partial charge in [-0.2, -0.15) is 0 Å². The molecule has 0 atom stereocenters. The molecule has 0 aliphatic heterocycles. The Hall–Kier alpha value is -0.440. The number of unbranched alkanes of at least 4 members (excludes halogenated alkanes) is 2. The fraction of sp³-hybridized carbons (Fsp3) is 0.818. The predicted molar refractivity (Wildman–Crippen MR) is 62.5 cm³/mol. The van der Waals surface area contributed by atoms with E-state index in [9.17, 15) is 4.79 Å². The Kier molecular flexibility index (Phi) is 8.84. The second-order valence-electron chi connectivity index (χ2n) is 3.83. The molecule has 0 aromatic heterocycles. The average Bonchev–Trinajstić information content (AvgIpc) is 2.11. The first-order chi connectivity index (χ1) is 6.66. The molecular formula is C11H20O2S. The van der Waals surface area contributed by atoms with Crippen LogP contribution in [-0.4, -0.2) is 17.9 Å². The number of carbonyl (C=O) groups is 1. The van der Waals surface area contributed by atoms with E-state index in [1.807, 2.05) is 0 Å². The fourth-order valence-corrected chi connectivity index (χ4v) is 1.28. The molecule has 0 saturated heterocycles. The standard InChI is InChI=1S/C11H20O2S/c1-10(2)6-4-3-5-8-13-11(12)7-9-14/h9-10H,3-8H2,1-2H3. The zero-order valence-corrected chi connectivity index (χ0v) is 9.94. The van der Waals surface area contributed by atoms with Gasteiger partial charge < -0.3 is 4.74 Å². The van der Waals surface area contributed by atoms with Crippen LogP contribution in [0.4, 0.5) is 0 Å². The van der Waals surface area contributed by atoms with Crippen molar-refractivity contribution >= 4 is 23.6 Å². The van der Waals surface area contributed by atoms with Crippen molar-refractivity contribution in [1.82, 2.24) is 0 Å². The van der Waals surface area contributed by atoms with Crippen molar-refractivity contribution in [2.45, 2.75) is 46.0 Å². The van der Waals surface area contributed by atoms with Gasteiger partial charge in [-0.15, -0.1) is 0 Å². The van der Waals surface area contributed by atoms with Gasteiger partial charge in [-0.05, 0) is 17.7 Å². The summed E-state index contributed by atoms with van der Waals surface area (Å²) in [6, 6.07) is 0. The molecule has 0 unspecified atom stereocenters. The first kappa shape index (κ1) is 13.6. The van der Waals surface area contributed by atoms with Crippen LogP contribution in [0.1, 0.15) is 46.0 Å². The molecule has 0 N–H and O–H groups in total. The molecule has 82 valence electrons. The van der Waals surface area contributed by atoms with E-state index in [0.717, 1.165) is 18.8 Å². The maximum absolute atomic E-state index is 10.9. The highest BCUT2D eigenvalue weighted by Crippen LogP contribution is 2.07. The average molecular weight is 216 g/mol. The minimum absolute atomic E-state index is 0.205. The topological polar surface area (TPSA) is 26.3 Å². The highest BCUT2D eigenvalue weighted by atomic mass is 32.1. The van der Waals surface area contributed by atoms with Crippen molar-refractivity contribution in [3.63, 3.8) is 0 Å². The van der Waals surface area contributed by atoms with Crippen LogP contribution >= 0.6 is 12.2 Å². The Labute approximate surface area is 92.0 Å². The molecule has 2 nitrogen and oxygen atoms in total. The maximum atomic E-state index is 10.9. The predicted octanol–water partition coefficient (Wildman–Crippen LogP) is 3.14. The summed E-state index contributed by atoms with van der Waals surface area (Å²) in [6.07, 6.45) is 4.84. The maximum Gasteiger partial charge on any atom is 0.310 e. The minimum Gasteiger partial charge on any atom is -0.465 e. The molecule has 0 saturated carbocycles. The Morgan fingerprint density at radius 2 is 2.07 bits per heavy atom. The summed E-state index contributed by atoms with van der Waals surface area (Å²) < 4.78 is 4.95. The van der Waals surface area contributed by atoms with E-state index in [1.54, 1.807) is 0 Å². The van der Waals surface area contributed by atoms with Crippen LogP contribution < -0.4 is 0 Å². The Balaban J connectivity index is 3.13. The van der Waals surface area contributed by atoms with E-state index in [0.29, 0.717) is 6.61 Å². The molecule has 0 aliphatic carbocycles. The van der Waals surface area contributed by atoms with Crippen LogP contribution in [0.2, 0.25) is 0 Å². The number of esters is 1. The summed E-state index contributed by atoms with van der Waals surface area (Å²) in [6.45, 7) is 4.99. The SMILES string of the molecule is CC(C)CCCCCOC(=O)CC=S. The number of rotatable bonds is 8. The lowest BCUT2D eigenvalue weighted by Gasteiger charge is -2.04. The van der Waals surface area contributed by atoms with E-state index in [-0.39, 0.29) is 12.4 Å². The van der Waals surface area contributed by atoms with Crippen LogP contribution in [-0.2, 0) is 9.53 Å². The van der Waals surface area contributed by atoms with Gasteiger partial charge >= 0.3 is 5.97 Å². The van der Waals surface area contributed by atoms with Crippen LogP contribution in [0.3, 0.4) is 0 Å². The fourth-order valence-electron chi connectivity index (χ4n) is 1.14. The van der Waals surface area contributed by atoms with E-state index in [4.69, 9.17) is 4.74 Å². The van der Waals surface area contributed by atoms with Gasteiger partial charge in [-0.25, -0.2) is 0 Å². The second kappa shape index (κ2) is 9.13. The molecule has 0 aromatic rings. The molecule has 0 aromatic carbocycles. The lowest BCUT2D eigenvalue weighted by Crippen LogP contribution is -2.05. The van der Waals surface area contributed by atoms with Crippen LogP contribution in [0.5, 0.6) is 0 Å². The minimum atomic E-state index is -0.205. The van der Waals surface area contributed by atoms with Crippen molar-refractivity contribution in [3.05, 3.63) is 0 Å². The third-order valence-electron chi connectivity index (χ3n) is 1.94. The molecule has 0 spiro atoms. The molecular weight excluding hydrogens is 196 g/mol. The number of hydrogen-bond donors (Lipinski definition) is 0. The van der Waals surface area contributed by atoms with Gasteiger partial charge in [0, 0.05) is 0 Å². The highest BCUT2D eigenvalue weighted by Gasteiger charge is 1.99. The number of carbonyl (C=O) groups excluding carboxylic acids is 1. The lowest BCUT2D eigenvalue weighted by atomic mass is 10.1. The summed E-state index contributed by atoms with van der Waals surface area (Å²) >= 11 is 4.55. The van der Waals surface area contributed by atoms with E-state index in [2.05, 4.69) is 26.1 Å². The molecule has 0 aliphatic rings. The van der Waals surface area contributed by atoms with E-state index < -0.39 is 0 Å². The van der Waals surface area contributed by atoms with Crippen LogP contribution in [0.25, 0.3) is 0 Å². The van der Waals surface area contributed by atoms with Crippen molar-refractivity contribution in [2.75, 3.05) is 6.61 Å². The zero-order valence-electron chi connectivity index (χ0n) is 9.12. The molecule has 14 heavy (non-hydrogen) atoms. The number of ether oxygens (including phenoxy) is 1. The van der Waals surface area contributed by atoms with Gasteiger partial charge in [-0.1, -0.05) is 45.3 Å². The summed E-state index contributed by atoms with van der Waals surface area (Å²) in [7, 11) is 0. The largest absolute Gasteiger partial charge is 0.465 e. The Morgan fingerprint density at radius 3 is 2.64 bits per heavy atom. The zero-order chi connectivity index (χ0) is 10.8. The van der Waals surface area contributed by atoms with Gasteiger partial charge in [0.25, 0.3) is 0 Å². The van der Waals surface area contributed by atoms with Crippen LogP contribution in [0, 0.1) is 5.92 Å². The molecule has 0 bridgehead atoms. The summed E-state index contributed by atoms with van der Waals surface area (Å²) in [5, 5.41) is 1.40. The quantitative estimate of drug-likeness (QED) is 0.354.